The molecule has 0 atom stereocenters. The minimum Gasteiger partial charge on any atom is -0.411 e. The molecule has 0 saturated carbocycles. The van der Waals surface area contributed by atoms with Crippen molar-refractivity contribution in [2.75, 3.05) is 17.2 Å². The van der Waals surface area contributed by atoms with Gasteiger partial charge in [-0.2, -0.15) is 8.42 Å². The number of pyridine rings is 1. The number of aromatic nitrogens is 2. The number of anilines is 1. The lowest BCUT2D eigenvalue weighted by molar-refractivity contribution is -0.646. The minimum atomic E-state index is -3.91. The second kappa shape index (κ2) is 8.87. The Labute approximate surface area is 181 Å². The third-order valence-electron chi connectivity index (χ3n) is 5.07. The van der Waals surface area contributed by atoms with Crippen molar-refractivity contribution >= 4 is 38.7 Å². The lowest BCUT2D eigenvalue weighted by atomic mass is 9.99. The number of aryl methyl sites for hydroxylation is 1. The lowest BCUT2D eigenvalue weighted by Gasteiger charge is -2.27. The molecule has 3 aromatic rings. The van der Waals surface area contributed by atoms with Crippen molar-refractivity contribution < 1.29 is 22.0 Å². The van der Waals surface area contributed by atoms with E-state index in [4.69, 9.17) is 8.97 Å². The van der Waals surface area contributed by atoms with Gasteiger partial charge in [-0.3, -0.25) is 4.55 Å². The maximum absolute atomic E-state index is 10.9. The Morgan fingerprint density at radius 2 is 2.03 bits per heavy atom. The summed E-state index contributed by atoms with van der Waals surface area (Å²) in [5.74, 6) is 0.331. The van der Waals surface area contributed by atoms with E-state index in [1.54, 1.807) is 0 Å². The molecule has 1 aliphatic rings. The first kappa shape index (κ1) is 21.0. The van der Waals surface area contributed by atoms with Crippen LogP contribution in [0.4, 0.5) is 5.69 Å². The summed E-state index contributed by atoms with van der Waals surface area (Å²) in [5, 5.41) is 0. The average molecular weight is 439 g/mol. The maximum Gasteiger partial charge on any atom is 0.370 e. The van der Waals surface area contributed by atoms with E-state index in [1.807, 2.05) is 78.6 Å². The van der Waals surface area contributed by atoms with Crippen LogP contribution in [0.3, 0.4) is 0 Å². The van der Waals surface area contributed by atoms with Crippen molar-refractivity contribution in [3.05, 3.63) is 78.5 Å². The number of nitrogens with zero attached hydrogens (tertiary/aromatic N) is 3. The predicted molar refractivity (Wildman–Crippen MR) is 121 cm³/mol. The van der Waals surface area contributed by atoms with Gasteiger partial charge in [0.25, 0.3) is 10.1 Å². The molecule has 8 heteroatoms. The van der Waals surface area contributed by atoms with Crippen LogP contribution in [0.1, 0.15) is 24.3 Å². The smallest absolute Gasteiger partial charge is 0.370 e. The van der Waals surface area contributed by atoms with Crippen molar-refractivity contribution in [1.29, 1.82) is 0 Å². The fourth-order valence-electron chi connectivity index (χ4n) is 3.55. The highest BCUT2D eigenvalue weighted by molar-refractivity contribution is 7.85. The molecule has 3 heterocycles. The highest BCUT2D eigenvalue weighted by atomic mass is 32.2. The van der Waals surface area contributed by atoms with Crippen molar-refractivity contribution in [3.8, 4) is 0 Å². The van der Waals surface area contributed by atoms with Gasteiger partial charge in [-0.25, -0.2) is 4.57 Å². The fourth-order valence-corrected chi connectivity index (χ4v) is 4.12. The van der Waals surface area contributed by atoms with Gasteiger partial charge in [0.15, 0.2) is 0 Å². The van der Waals surface area contributed by atoms with E-state index in [-0.39, 0.29) is 5.75 Å². The molecule has 0 spiro atoms. The summed E-state index contributed by atoms with van der Waals surface area (Å²) < 4.78 is 38.4. The number of rotatable bonds is 7. The summed E-state index contributed by atoms with van der Waals surface area (Å²) in [6, 6.07) is 11.9. The van der Waals surface area contributed by atoms with Gasteiger partial charge in [-0.05, 0) is 42.7 Å². The van der Waals surface area contributed by atoms with E-state index < -0.39 is 10.1 Å². The molecule has 0 amide bonds. The molecular formula is C23H24N3O4S+. The molecule has 0 radical (unpaired) electrons. The Kier molecular flexibility index (Phi) is 6.01. The minimum absolute atomic E-state index is 0.212. The summed E-state index contributed by atoms with van der Waals surface area (Å²) >= 11 is 0. The molecule has 0 aliphatic carbocycles. The van der Waals surface area contributed by atoms with Crippen molar-refractivity contribution in [2.45, 2.75) is 12.8 Å². The Morgan fingerprint density at radius 1 is 1.19 bits per heavy atom. The topological polar surface area (TPSA) is 87.5 Å². The molecule has 2 aromatic heterocycles. The molecule has 0 fully saturated rings. The fraction of sp³-hybridized carbons (Fsp3) is 0.217. The van der Waals surface area contributed by atoms with Crippen LogP contribution in [-0.2, 0) is 17.2 Å². The zero-order chi connectivity index (χ0) is 21.8. The molecule has 1 aromatic carbocycles. The number of hydrogen-bond donors (Lipinski definition) is 1. The van der Waals surface area contributed by atoms with Crippen LogP contribution >= 0.6 is 0 Å². The van der Waals surface area contributed by atoms with Crippen LogP contribution in [0.5, 0.6) is 0 Å². The number of oxazole rings is 1. The molecule has 7 nitrogen and oxygen atoms in total. The normalized spacial score (nSPS) is 15.3. The van der Waals surface area contributed by atoms with Crippen LogP contribution in [0.25, 0.3) is 22.9 Å². The highest BCUT2D eigenvalue weighted by Gasteiger charge is 2.16. The first-order chi connectivity index (χ1) is 14.9. The third-order valence-corrected chi connectivity index (χ3v) is 5.87. The molecule has 0 unspecified atom stereocenters. The molecule has 4 rings (SSSR count). The molecule has 0 bridgehead atoms. The number of fused-ring (bicyclic) bond motifs is 2. The number of hydrogen-bond acceptors (Lipinski definition) is 5. The van der Waals surface area contributed by atoms with E-state index in [0.717, 1.165) is 28.1 Å². The molecule has 0 saturated heterocycles. The summed E-state index contributed by atoms with van der Waals surface area (Å²) in [7, 11) is -1.98. The second-order valence-electron chi connectivity index (χ2n) is 7.36. The van der Waals surface area contributed by atoms with Crippen LogP contribution in [0.2, 0.25) is 0 Å². The Balaban J connectivity index is 1.49. The molecular weight excluding hydrogens is 414 g/mol. The first-order valence-electron chi connectivity index (χ1n) is 10.0. The van der Waals surface area contributed by atoms with E-state index in [2.05, 4.69) is 16.0 Å². The SMILES string of the molecule is C[n+]1cccc2oc(/C=C/C=C3\C=CN(CCCCS(=O)(=O)O)c4ccccc43)nc21. The Bertz CT molecular complexity index is 1290. The Hall–Kier alpha value is -3.23. The van der Waals surface area contributed by atoms with Crippen LogP contribution in [0.15, 0.2) is 71.4 Å². The second-order valence-corrected chi connectivity index (χ2v) is 8.93. The zero-order valence-corrected chi connectivity index (χ0v) is 18.0. The van der Waals surface area contributed by atoms with Crippen LogP contribution in [0, 0.1) is 0 Å². The van der Waals surface area contributed by atoms with Crippen molar-refractivity contribution in [3.63, 3.8) is 0 Å². The van der Waals surface area contributed by atoms with E-state index >= 15 is 0 Å². The standard InChI is InChI=1S/C23H23N3O4S/c1-25-14-7-11-21-23(25)24-22(30-21)12-6-8-18-13-16-26(15-4-5-17-31(27,28)29)20-10-3-2-9-19(18)20/h2-3,6-14,16H,4-5,15,17H2,1H3/p+1. The Morgan fingerprint density at radius 3 is 2.84 bits per heavy atom. The summed E-state index contributed by atoms with van der Waals surface area (Å²) in [5.41, 5.74) is 4.74. The van der Waals surface area contributed by atoms with Crippen molar-refractivity contribution in [1.82, 2.24) is 4.98 Å². The summed E-state index contributed by atoms with van der Waals surface area (Å²) in [4.78, 5) is 6.60. The van der Waals surface area contributed by atoms with Crippen LogP contribution < -0.4 is 9.47 Å². The number of unbranched alkanes of at least 4 members (excludes halogenated alkanes) is 1. The van der Waals surface area contributed by atoms with Gasteiger partial charge in [0, 0.05) is 35.1 Å². The van der Waals surface area contributed by atoms with Crippen LogP contribution in [-0.4, -0.2) is 30.3 Å². The van der Waals surface area contributed by atoms with Gasteiger partial charge in [0.05, 0.1) is 19.0 Å². The molecule has 1 N–H and O–H groups in total. The number of allylic oxidation sites excluding steroid dienone is 4. The third kappa shape index (κ3) is 5.10. The monoisotopic (exact) mass is 438 g/mol. The first-order valence-corrected chi connectivity index (χ1v) is 11.6. The molecule has 1 aliphatic heterocycles. The summed E-state index contributed by atoms with van der Waals surface area (Å²) in [6.07, 6.45) is 12.8. The van der Waals surface area contributed by atoms with Gasteiger partial charge in [0.2, 0.25) is 5.58 Å². The predicted octanol–water partition coefficient (Wildman–Crippen LogP) is 3.75. The van der Waals surface area contributed by atoms with Gasteiger partial charge < -0.3 is 9.32 Å². The lowest BCUT2D eigenvalue weighted by Crippen LogP contribution is -2.27. The largest absolute Gasteiger partial charge is 0.411 e. The number of para-hydroxylation sites is 1. The van der Waals surface area contributed by atoms with Gasteiger partial charge in [0.1, 0.15) is 0 Å². The van der Waals surface area contributed by atoms with Gasteiger partial charge in [-0.1, -0.05) is 30.4 Å². The highest BCUT2D eigenvalue weighted by Crippen LogP contribution is 2.33. The molecule has 160 valence electrons. The maximum atomic E-state index is 10.9. The van der Waals surface area contributed by atoms with Crippen molar-refractivity contribution in [2.24, 2.45) is 7.05 Å². The van der Waals surface area contributed by atoms with Gasteiger partial charge >= 0.3 is 11.5 Å². The number of benzene rings is 1. The quantitative estimate of drug-likeness (QED) is 0.343. The summed E-state index contributed by atoms with van der Waals surface area (Å²) in [6.45, 7) is 0.673. The van der Waals surface area contributed by atoms with E-state index in [9.17, 15) is 8.42 Å². The van der Waals surface area contributed by atoms with Gasteiger partial charge in [-0.15, -0.1) is 0 Å². The zero-order valence-electron chi connectivity index (χ0n) is 17.2. The average Bonchev–Trinajstić information content (AvgIpc) is 3.16. The van der Waals surface area contributed by atoms with E-state index in [0.29, 0.717) is 25.3 Å². The van der Waals surface area contributed by atoms with E-state index in [1.165, 1.54) is 0 Å². The molecule has 31 heavy (non-hydrogen) atoms.